The Morgan fingerprint density at radius 1 is 1.03 bits per heavy atom. The van der Waals surface area contributed by atoms with Crippen molar-refractivity contribution in [3.8, 4) is 11.4 Å². The molecule has 0 aliphatic rings. The van der Waals surface area contributed by atoms with Gasteiger partial charge in [0.1, 0.15) is 10.8 Å². The van der Waals surface area contributed by atoms with E-state index in [2.05, 4.69) is 38.0 Å². The van der Waals surface area contributed by atoms with Crippen LogP contribution in [0.15, 0.2) is 47.6 Å². The van der Waals surface area contributed by atoms with Crippen LogP contribution in [-0.4, -0.2) is 49.1 Å². The van der Waals surface area contributed by atoms with Crippen LogP contribution in [0.1, 0.15) is 52.1 Å². The SMILES string of the molecule is CCCCOc1ccc(C(=O)NCc2nnc(SCC(=O)Nc3nnc(C)s3)n2-c2cccc(C)c2C)cc1. The van der Waals surface area contributed by atoms with Gasteiger partial charge >= 0.3 is 0 Å². The zero-order valence-electron chi connectivity index (χ0n) is 22.4. The summed E-state index contributed by atoms with van der Waals surface area (Å²) in [5.41, 5.74) is 3.58. The summed E-state index contributed by atoms with van der Waals surface area (Å²) >= 11 is 2.57. The normalized spacial score (nSPS) is 10.9. The maximum atomic E-state index is 12.9. The molecule has 2 amide bonds. The van der Waals surface area contributed by atoms with Crippen LogP contribution >= 0.6 is 23.1 Å². The molecule has 2 aromatic carbocycles. The summed E-state index contributed by atoms with van der Waals surface area (Å²) in [6.45, 7) is 8.80. The fraction of sp³-hybridized carbons (Fsp3) is 0.333. The molecule has 12 heteroatoms. The number of amides is 2. The van der Waals surface area contributed by atoms with E-state index in [-0.39, 0.29) is 24.1 Å². The molecule has 0 spiro atoms. The standard InChI is InChI=1S/C27H31N7O3S2/c1-5-6-14-37-21-12-10-20(11-13-21)25(36)28-15-23-31-33-27(34(23)22-9-7-8-17(2)18(22)3)38-16-24(35)29-26-32-30-19(4)39-26/h7-13H,5-6,14-16H2,1-4H3,(H,28,36)(H,29,32,35). The first-order valence-corrected chi connectivity index (χ1v) is 14.4. The molecule has 10 nitrogen and oxygen atoms in total. The highest BCUT2D eigenvalue weighted by Gasteiger charge is 2.19. The van der Waals surface area contributed by atoms with Crippen LogP contribution in [0.5, 0.6) is 5.75 Å². The number of ether oxygens (including phenoxy) is 1. The van der Waals surface area contributed by atoms with Gasteiger partial charge in [0, 0.05) is 5.56 Å². The quantitative estimate of drug-likeness (QED) is 0.184. The monoisotopic (exact) mass is 565 g/mol. The minimum atomic E-state index is -0.230. The van der Waals surface area contributed by atoms with E-state index in [1.807, 2.05) is 43.5 Å². The molecule has 0 aliphatic carbocycles. The Kier molecular flexibility index (Phi) is 9.66. The molecule has 0 bridgehead atoms. The van der Waals surface area contributed by atoms with Gasteiger partial charge in [-0.1, -0.05) is 48.6 Å². The van der Waals surface area contributed by atoms with Crippen LogP contribution in [0.2, 0.25) is 0 Å². The number of aryl methyl sites for hydroxylation is 2. The third-order valence-electron chi connectivity index (χ3n) is 5.91. The van der Waals surface area contributed by atoms with Gasteiger partial charge in [0.2, 0.25) is 11.0 Å². The molecule has 204 valence electrons. The van der Waals surface area contributed by atoms with Crippen LogP contribution in [0.25, 0.3) is 5.69 Å². The average molecular weight is 566 g/mol. The van der Waals surface area contributed by atoms with Crippen LogP contribution in [-0.2, 0) is 11.3 Å². The zero-order chi connectivity index (χ0) is 27.8. The van der Waals surface area contributed by atoms with Gasteiger partial charge in [0.25, 0.3) is 5.91 Å². The molecule has 2 N–H and O–H groups in total. The number of unbranched alkanes of at least 4 members (excludes halogenated alkanes) is 1. The second-order valence-electron chi connectivity index (χ2n) is 8.83. The van der Waals surface area contributed by atoms with Gasteiger partial charge in [-0.15, -0.1) is 20.4 Å². The first-order chi connectivity index (χ1) is 18.9. The van der Waals surface area contributed by atoms with Gasteiger partial charge in [-0.25, -0.2) is 0 Å². The Balaban J connectivity index is 1.48. The maximum Gasteiger partial charge on any atom is 0.251 e. The molecule has 2 aromatic heterocycles. The van der Waals surface area contributed by atoms with Crippen molar-refractivity contribution >= 4 is 40.0 Å². The summed E-state index contributed by atoms with van der Waals surface area (Å²) in [6, 6.07) is 13.0. The lowest BCUT2D eigenvalue weighted by atomic mass is 10.1. The fourth-order valence-corrected chi connectivity index (χ4v) is 5.03. The molecule has 39 heavy (non-hydrogen) atoms. The van der Waals surface area contributed by atoms with E-state index in [1.54, 1.807) is 24.3 Å². The van der Waals surface area contributed by atoms with Gasteiger partial charge < -0.3 is 10.1 Å². The van der Waals surface area contributed by atoms with Crippen molar-refractivity contribution in [3.63, 3.8) is 0 Å². The van der Waals surface area contributed by atoms with E-state index in [1.165, 1.54) is 23.1 Å². The number of carbonyl (C=O) groups excluding carboxylic acids is 2. The number of benzene rings is 2. The number of hydrogen-bond donors (Lipinski definition) is 2. The van der Waals surface area contributed by atoms with Crippen molar-refractivity contribution in [1.82, 2.24) is 30.3 Å². The Labute approximate surface area is 235 Å². The third-order valence-corrected chi connectivity index (χ3v) is 7.60. The molecule has 4 rings (SSSR count). The fourth-order valence-electron chi connectivity index (χ4n) is 3.66. The summed E-state index contributed by atoms with van der Waals surface area (Å²) in [5.74, 6) is 0.955. The number of rotatable bonds is 12. The smallest absolute Gasteiger partial charge is 0.251 e. The van der Waals surface area contributed by atoms with E-state index in [9.17, 15) is 9.59 Å². The zero-order valence-corrected chi connectivity index (χ0v) is 24.0. The highest BCUT2D eigenvalue weighted by Crippen LogP contribution is 2.26. The Morgan fingerprint density at radius 2 is 1.82 bits per heavy atom. The number of anilines is 1. The summed E-state index contributed by atoms with van der Waals surface area (Å²) in [7, 11) is 0. The Bertz CT molecular complexity index is 1430. The highest BCUT2D eigenvalue weighted by atomic mass is 32.2. The minimum Gasteiger partial charge on any atom is -0.494 e. The summed E-state index contributed by atoms with van der Waals surface area (Å²) in [4.78, 5) is 25.4. The van der Waals surface area contributed by atoms with Crippen molar-refractivity contribution in [2.24, 2.45) is 0 Å². The van der Waals surface area contributed by atoms with Crippen molar-refractivity contribution in [2.75, 3.05) is 17.7 Å². The van der Waals surface area contributed by atoms with Gasteiger partial charge in [0.05, 0.1) is 24.6 Å². The Morgan fingerprint density at radius 3 is 2.54 bits per heavy atom. The predicted octanol–water partition coefficient (Wildman–Crippen LogP) is 4.88. The molecule has 0 saturated heterocycles. The number of carbonyl (C=O) groups is 2. The minimum absolute atomic E-state index is 0.112. The Hall–Kier alpha value is -3.77. The number of nitrogens with one attached hydrogen (secondary N) is 2. The van der Waals surface area contributed by atoms with E-state index < -0.39 is 0 Å². The van der Waals surface area contributed by atoms with Crippen molar-refractivity contribution in [2.45, 2.75) is 52.2 Å². The first-order valence-electron chi connectivity index (χ1n) is 12.6. The molecule has 0 radical (unpaired) electrons. The first kappa shape index (κ1) is 28.2. The molecule has 2 heterocycles. The molecule has 0 saturated carbocycles. The molecular weight excluding hydrogens is 534 g/mol. The second kappa shape index (κ2) is 13.3. The number of hydrogen-bond acceptors (Lipinski definition) is 9. The van der Waals surface area contributed by atoms with Crippen LogP contribution in [0.3, 0.4) is 0 Å². The highest BCUT2D eigenvalue weighted by molar-refractivity contribution is 7.99. The van der Waals surface area contributed by atoms with Gasteiger partial charge in [0.15, 0.2) is 11.0 Å². The van der Waals surface area contributed by atoms with Crippen LogP contribution in [0, 0.1) is 20.8 Å². The van der Waals surface area contributed by atoms with Crippen LogP contribution < -0.4 is 15.4 Å². The summed E-state index contributed by atoms with van der Waals surface area (Å²) < 4.78 is 7.57. The van der Waals surface area contributed by atoms with E-state index in [0.29, 0.717) is 28.3 Å². The maximum absolute atomic E-state index is 12.9. The van der Waals surface area contributed by atoms with Crippen molar-refractivity contribution < 1.29 is 14.3 Å². The van der Waals surface area contributed by atoms with Crippen LogP contribution in [0.4, 0.5) is 5.13 Å². The average Bonchev–Trinajstić information content (AvgIpc) is 3.53. The molecule has 0 aliphatic heterocycles. The van der Waals surface area contributed by atoms with Crippen molar-refractivity contribution in [1.29, 1.82) is 0 Å². The molecule has 0 atom stereocenters. The van der Waals surface area contributed by atoms with E-state index in [0.717, 1.165) is 40.4 Å². The van der Waals surface area contributed by atoms with E-state index in [4.69, 9.17) is 4.74 Å². The third kappa shape index (κ3) is 7.42. The van der Waals surface area contributed by atoms with Gasteiger partial charge in [-0.3, -0.25) is 19.5 Å². The molecule has 0 unspecified atom stereocenters. The van der Waals surface area contributed by atoms with Crippen molar-refractivity contribution in [3.05, 3.63) is 70.0 Å². The second-order valence-corrected chi connectivity index (χ2v) is 10.9. The number of thioether (sulfide) groups is 1. The topological polar surface area (TPSA) is 124 Å². The summed E-state index contributed by atoms with van der Waals surface area (Å²) in [5, 5.41) is 24.0. The summed E-state index contributed by atoms with van der Waals surface area (Å²) in [6.07, 6.45) is 2.04. The number of nitrogens with zero attached hydrogens (tertiary/aromatic N) is 5. The lowest BCUT2D eigenvalue weighted by Gasteiger charge is -2.15. The largest absolute Gasteiger partial charge is 0.494 e. The lowest BCUT2D eigenvalue weighted by molar-refractivity contribution is -0.113. The molecule has 0 fully saturated rings. The van der Waals surface area contributed by atoms with E-state index >= 15 is 0 Å². The van der Waals surface area contributed by atoms with Gasteiger partial charge in [-0.05, 0) is 68.7 Å². The van der Waals surface area contributed by atoms with Gasteiger partial charge in [-0.2, -0.15) is 0 Å². The molecule has 4 aromatic rings. The lowest BCUT2D eigenvalue weighted by Crippen LogP contribution is -2.24. The number of aromatic nitrogens is 5. The molecular formula is C27H31N7O3S2. The predicted molar refractivity (Wildman–Crippen MR) is 153 cm³/mol.